The highest BCUT2D eigenvalue weighted by molar-refractivity contribution is 8.00. The molecule has 2 aliphatic heterocycles. The molecule has 0 bridgehead atoms. The molecule has 17 heteroatoms. The van der Waals surface area contributed by atoms with Crippen LogP contribution in [0.15, 0.2) is 215 Å². The third-order valence-electron chi connectivity index (χ3n) is 12.1. The van der Waals surface area contributed by atoms with Crippen LogP contribution in [0.4, 0.5) is 13.9 Å². The number of alkyl halides is 2. The van der Waals surface area contributed by atoms with Crippen LogP contribution in [0.3, 0.4) is 0 Å². The Morgan fingerprint density at radius 3 is 1.97 bits per heavy atom. The van der Waals surface area contributed by atoms with Gasteiger partial charge in [-0.15, -0.1) is 23.1 Å². The number of ether oxygens (including phenoxy) is 1. The lowest BCUT2D eigenvalue weighted by atomic mass is 9.77. The molecule has 0 aliphatic carbocycles. The zero-order chi connectivity index (χ0) is 48.7. The predicted molar refractivity (Wildman–Crippen MR) is 273 cm³/mol. The number of carbonyl (C=O) groups is 3. The number of nitrogens with zero attached hydrogens (tertiary/aromatic N) is 4. The summed E-state index contributed by atoms with van der Waals surface area (Å²) < 4.78 is 35.8. The Morgan fingerprint density at radius 1 is 0.806 bits per heavy atom. The summed E-state index contributed by atoms with van der Waals surface area (Å²) in [6.45, 7) is -2.87. The van der Waals surface area contributed by atoms with Crippen molar-refractivity contribution in [3.8, 4) is 0 Å². The zero-order valence-corrected chi connectivity index (χ0v) is 42.6. The van der Waals surface area contributed by atoms with Gasteiger partial charge in [-0.3, -0.25) is 14.5 Å². The summed E-state index contributed by atoms with van der Waals surface area (Å²) in [6.07, 6.45) is 4.94. The van der Waals surface area contributed by atoms with Gasteiger partial charge in [0.15, 0.2) is 29.7 Å². The van der Waals surface area contributed by atoms with Crippen molar-refractivity contribution in [1.29, 1.82) is 0 Å². The molecule has 5 heterocycles. The minimum Gasteiger partial charge on any atom is -1.00 e. The van der Waals surface area contributed by atoms with Crippen LogP contribution in [0, 0.1) is 0 Å². The maximum Gasteiger partial charge on any atom is 0.407 e. The van der Waals surface area contributed by atoms with Crippen molar-refractivity contribution in [2.75, 3.05) is 11.1 Å². The molecule has 5 aromatic carbocycles. The monoisotopic (exact) mass is 1130 g/mol. The molecule has 0 saturated carbocycles. The van der Waals surface area contributed by atoms with E-state index in [1.807, 2.05) is 188 Å². The molecule has 0 radical (unpaired) electrons. The molecule has 1 fully saturated rings. The number of halogens is 3. The van der Waals surface area contributed by atoms with Gasteiger partial charge < -0.3 is 44.2 Å². The third kappa shape index (κ3) is 10.3. The third-order valence-corrected chi connectivity index (χ3v) is 15.1. The number of fused-ring (bicyclic) bond motifs is 2. The van der Waals surface area contributed by atoms with Crippen molar-refractivity contribution in [2.45, 2.75) is 36.2 Å². The summed E-state index contributed by atoms with van der Waals surface area (Å²) >= 11 is 4.10. The fourth-order valence-corrected chi connectivity index (χ4v) is 11.8. The van der Waals surface area contributed by atoms with Crippen LogP contribution in [-0.2, 0) is 36.0 Å². The lowest BCUT2D eigenvalue weighted by Gasteiger charge is -2.49. The van der Waals surface area contributed by atoms with Crippen molar-refractivity contribution in [3.05, 3.63) is 244 Å². The Kier molecular flexibility index (Phi) is 15.6. The van der Waals surface area contributed by atoms with Gasteiger partial charge in [-0.2, -0.15) is 13.3 Å². The fraction of sp³-hybridized carbons (Fsp3) is 0.127. The van der Waals surface area contributed by atoms with Crippen LogP contribution in [0.25, 0.3) is 10.2 Å². The molecule has 8 aromatic rings. The molecule has 2 amide bonds. The number of nitrogens with one attached hydrogen (secondary N) is 2. The molecule has 362 valence electrons. The fourth-order valence-electron chi connectivity index (χ4n) is 8.84. The lowest BCUT2D eigenvalue weighted by Crippen LogP contribution is -3.00. The van der Waals surface area contributed by atoms with Gasteiger partial charge in [-0.05, 0) is 57.0 Å². The van der Waals surface area contributed by atoms with E-state index in [2.05, 4.69) is 31.3 Å². The van der Waals surface area contributed by atoms with Crippen molar-refractivity contribution in [1.82, 2.24) is 15.2 Å². The number of hydrogen-bond donors (Lipinski definition) is 2. The van der Waals surface area contributed by atoms with E-state index in [0.717, 1.165) is 49.4 Å². The highest BCUT2D eigenvalue weighted by Crippen LogP contribution is 2.43. The number of pyridine rings is 1. The Balaban J connectivity index is 0.00000640. The average Bonchev–Trinajstić information content (AvgIpc) is 4.10. The second-order valence-electron chi connectivity index (χ2n) is 16.4. The maximum absolute atomic E-state index is 14.7. The molecule has 2 atom stereocenters. The van der Waals surface area contributed by atoms with Gasteiger partial charge in [0.1, 0.15) is 28.3 Å². The highest BCUT2D eigenvalue weighted by atomic mass is 127. The molecular formula is C55H43F2IN6O5S3. The van der Waals surface area contributed by atoms with Gasteiger partial charge >= 0.3 is 12.6 Å². The molecule has 3 aromatic heterocycles. The summed E-state index contributed by atoms with van der Waals surface area (Å²) in [4.78, 5) is 55.0. The van der Waals surface area contributed by atoms with E-state index in [0.29, 0.717) is 17.2 Å². The molecule has 2 N–H and O–H groups in total. The first-order valence-electron chi connectivity index (χ1n) is 22.5. The smallest absolute Gasteiger partial charge is 0.407 e. The number of hydrogen-bond acceptors (Lipinski definition) is 11. The number of amides is 2. The molecule has 0 unspecified atom stereocenters. The topological polar surface area (TPSA) is 126 Å². The van der Waals surface area contributed by atoms with Gasteiger partial charge in [0.2, 0.25) is 0 Å². The van der Waals surface area contributed by atoms with Crippen molar-refractivity contribution >= 4 is 73.3 Å². The second-order valence-corrected chi connectivity index (χ2v) is 19.3. The number of allylic oxidation sites excluding steroid dienone is 2. The predicted octanol–water partition coefficient (Wildman–Crippen LogP) is 7.24. The number of esters is 1. The first kappa shape index (κ1) is 49.9. The first-order valence-corrected chi connectivity index (χ1v) is 25.3. The normalized spacial score (nSPS) is 15.8. The number of aromatic nitrogens is 2. The number of rotatable bonds is 17. The summed E-state index contributed by atoms with van der Waals surface area (Å²) in [5, 5.41) is 14.1. The number of thiophene rings is 1. The Morgan fingerprint density at radius 2 is 1.39 bits per heavy atom. The number of thiazole rings is 1. The first-order chi connectivity index (χ1) is 34.8. The minimum absolute atomic E-state index is 0. The minimum atomic E-state index is -3.36. The summed E-state index contributed by atoms with van der Waals surface area (Å²) in [5.41, 5.74) is 3.10. The summed E-state index contributed by atoms with van der Waals surface area (Å²) in [5.74, 6) is -2.03. The van der Waals surface area contributed by atoms with E-state index < -0.39 is 53.2 Å². The average molecular weight is 1130 g/mol. The van der Waals surface area contributed by atoms with E-state index in [1.54, 1.807) is 11.3 Å². The maximum atomic E-state index is 14.7. The van der Waals surface area contributed by atoms with Crippen LogP contribution in [-0.4, -0.2) is 57.2 Å². The standard InChI is InChI=1S/C55H42F2N6O5S3.HI/c56-53(57)68-61-44(43-35-71-54(58-43)60-55(40-24-10-3-11-25-40,41-26-12-4-13-27-41)42-28-14-5-15-29-42)48(64)59-45-49(65)63-46(52(66)67-47(36-18-6-1-7-19-36)37-20-8-2-9-21-37)39(34-70-51(45)63)23-17-32-62-31-16-22-38-30-33-69-50(38)62;/h1-31,33,35,45,47,51,53H,32,34H2,(H-,58,59,60,64);1H/b23-17+,61-44-;/t45-,51-;/m1./s1. The number of anilines is 1. The molecule has 11 nitrogen and oxygen atoms in total. The molecule has 2 aliphatic rings. The van der Waals surface area contributed by atoms with Gasteiger partial charge in [-0.25, -0.2) is 9.78 Å². The number of thioether (sulfide) groups is 1. The highest BCUT2D eigenvalue weighted by Gasteiger charge is 2.55. The summed E-state index contributed by atoms with van der Waals surface area (Å²) in [6, 6.07) is 52.9. The van der Waals surface area contributed by atoms with E-state index in [9.17, 15) is 23.2 Å². The number of carbonyl (C=O) groups excluding carboxylic acids is 3. The molecule has 1 saturated heterocycles. The second kappa shape index (κ2) is 22.6. The van der Waals surface area contributed by atoms with Crippen LogP contribution >= 0.6 is 34.4 Å². The van der Waals surface area contributed by atoms with E-state index >= 15 is 0 Å². The molecule has 72 heavy (non-hydrogen) atoms. The Labute approximate surface area is 442 Å². The molecular weight excluding hydrogens is 1090 g/mol. The van der Waals surface area contributed by atoms with Gasteiger partial charge in [0.05, 0.1) is 5.39 Å². The van der Waals surface area contributed by atoms with Gasteiger partial charge in [-0.1, -0.05) is 174 Å². The van der Waals surface area contributed by atoms with E-state index in [1.165, 1.54) is 22.0 Å². The van der Waals surface area contributed by atoms with Crippen molar-refractivity contribution in [3.63, 3.8) is 0 Å². The lowest BCUT2D eigenvalue weighted by molar-refractivity contribution is -0.658. The molecule has 10 rings (SSSR count). The Bertz CT molecular complexity index is 3140. The van der Waals surface area contributed by atoms with Crippen molar-refractivity contribution < 1.29 is 61.3 Å². The number of benzene rings is 5. The van der Waals surface area contributed by atoms with Crippen LogP contribution in [0.5, 0.6) is 0 Å². The van der Waals surface area contributed by atoms with Crippen molar-refractivity contribution in [2.24, 2.45) is 5.16 Å². The number of oxime groups is 1. The van der Waals surface area contributed by atoms with Gasteiger partial charge in [0.25, 0.3) is 16.6 Å². The van der Waals surface area contributed by atoms with Crippen LogP contribution in [0.1, 0.15) is 39.6 Å². The number of β-lactam (4-membered cyclic amide) rings is 1. The van der Waals surface area contributed by atoms with E-state index in [4.69, 9.17) is 9.72 Å². The van der Waals surface area contributed by atoms with Crippen LogP contribution in [0.2, 0.25) is 0 Å². The SMILES string of the molecule is O=C(OC(c1ccccc1)c1ccccc1)C1=C(/C=C/C[n+]2cccc3ccsc32)CS[C@@H]2[C@H](NC(=O)/C(=N\OC(F)F)c3csc(NC(c4ccccc4)(c4ccccc4)c4ccccc4)n3)C(=O)N12.[I-]. The largest absolute Gasteiger partial charge is 1.00 e. The Hall–Kier alpha value is -7.06. The quantitative estimate of drug-likeness (QED) is 0.0186. The summed E-state index contributed by atoms with van der Waals surface area (Å²) in [7, 11) is 0. The zero-order valence-electron chi connectivity index (χ0n) is 38.0. The van der Waals surface area contributed by atoms with E-state index in [-0.39, 0.29) is 41.1 Å². The van der Waals surface area contributed by atoms with Crippen LogP contribution < -0.4 is 39.2 Å². The molecule has 0 spiro atoms. The van der Waals surface area contributed by atoms with Gasteiger partial charge in [0, 0.05) is 17.2 Å².